The molecule has 1 rings (SSSR count). The monoisotopic (exact) mass is 222 g/mol. The quantitative estimate of drug-likeness (QED) is 0.363. The van der Waals surface area contributed by atoms with Crippen molar-refractivity contribution in [2.45, 2.75) is 50.7 Å². The Bertz CT molecular complexity index is 209. The summed E-state index contributed by atoms with van der Waals surface area (Å²) in [5, 5.41) is 47.0. The van der Waals surface area contributed by atoms with Crippen LogP contribution >= 0.6 is 0 Å². The van der Waals surface area contributed by atoms with E-state index >= 15 is 0 Å². The third kappa shape index (κ3) is 2.47. The molecule has 6 heteroatoms. The predicted molar refractivity (Wildman–Crippen MR) is 49.7 cm³/mol. The van der Waals surface area contributed by atoms with Crippen LogP contribution in [0.25, 0.3) is 0 Å². The molecule has 6 atom stereocenters. The van der Waals surface area contributed by atoms with Crippen LogP contribution in [0.1, 0.15) is 13.8 Å². The van der Waals surface area contributed by atoms with Crippen molar-refractivity contribution < 1.29 is 30.3 Å². The Labute approximate surface area is 87.7 Å². The fourth-order valence-corrected chi connectivity index (χ4v) is 1.55. The van der Waals surface area contributed by atoms with E-state index in [1.54, 1.807) is 13.8 Å². The number of aliphatic hydroxyl groups is 5. The van der Waals surface area contributed by atoms with E-state index in [0.717, 1.165) is 0 Å². The van der Waals surface area contributed by atoms with Crippen LogP contribution in [0.5, 0.6) is 0 Å². The lowest BCUT2D eigenvalue weighted by Gasteiger charge is -2.41. The third-order valence-electron chi connectivity index (χ3n) is 2.64. The Balaban J connectivity index is 2.74. The SMILES string of the molecule is CC(C)C(O)C1O[C@H](O)C(O)C(O)[C@@H]1O. The Hall–Kier alpha value is -0.240. The number of hydrogen-bond acceptors (Lipinski definition) is 6. The van der Waals surface area contributed by atoms with Crippen LogP contribution in [-0.4, -0.2) is 62.3 Å². The smallest absolute Gasteiger partial charge is 0.184 e. The minimum Gasteiger partial charge on any atom is -0.390 e. The fourth-order valence-electron chi connectivity index (χ4n) is 1.55. The number of rotatable bonds is 2. The van der Waals surface area contributed by atoms with Gasteiger partial charge in [-0.15, -0.1) is 0 Å². The summed E-state index contributed by atoms with van der Waals surface area (Å²) in [5.41, 5.74) is 0. The predicted octanol–water partition coefficient (Wildman–Crippen LogP) is -2.20. The van der Waals surface area contributed by atoms with Crippen molar-refractivity contribution in [3.8, 4) is 0 Å². The molecule has 90 valence electrons. The maximum atomic E-state index is 9.65. The molecule has 0 amide bonds. The molecular weight excluding hydrogens is 204 g/mol. The molecule has 1 aliphatic rings. The van der Waals surface area contributed by atoms with E-state index < -0.39 is 36.8 Å². The van der Waals surface area contributed by atoms with E-state index in [2.05, 4.69) is 0 Å². The van der Waals surface area contributed by atoms with Crippen molar-refractivity contribution in [3.63, 3.8) is 0 Å². The first kappa shape index (κ1) is 12.8. The van der Waals surface area contributed by atoms with E-state index in [1.165, 1.54) is 0 Å². The molecule has 15 heavy (non-hydrogen) atoms. The van der Waals surface area contributed by atoms with Crippen molar-refractivity contribution in [3.05, 3.63) is 0 Å². The summed E-state index contributed by atoms with van der Waals surface area (Å²) in [6, 6.07) is 0. The molecule has 0 saturated carbocycles. The summed E-state index contributed by atoms with van der Waals surface area (Å²) in [6.07, 6.45) is -8.21. The van der Waals surface area contributed by atoms with E-state index in [-0.39, 0.29) is 5.92 Å². The number of aliphatic hydroxyl groups excluding tert-OH is 5. The van der Waals surface area contributed by atoms with Gasteiger partial charge < -0.3 is 30.3 Å². The largest absolute Gasteiger partial charge is 0.390 e. The van der Waals surface area contributed by atoms with E-state index in [4.69, 9.17) is 4.74 Å². The first-order valence-electron chi connectivity index (χ1n) is 4.92. The van der Waals surface area contributed by atoms with E-state index in [1.807, 2.05) is 0 Å². The molecular formula is C9H18O6. The summed E-state index contributed by atoms with van der Waals surface area (Å²) in [5.74, 6) is -0.195. The lowest BCUT2D eigenvalue weighted by Crippen LogP contribution is -2.61. The first-order chi connectivity index (χ1) is 6.86. The second-order valence-electron chi connectivity index (χ2n) is 4.20. The van der Waals surface area contributed by atoms with Crippen LogP contribution in [0, 0.1) is 5.92 Å². The molecule has 6 nitrogen and oxygen atoms in total. The lowest BCUT2D eigenvalue weighted by atomic mass is 9.91. The van der Waals surface area contributed by atoms with Crippen LogP contribution in [0.4, 0.5) is 0 Å². The highest BCUT2D eigenvalue weighted by molar-refractivity contribution is 4.92. The highest BCUT2D eigenvalue weighted by Crippen LogP contribution is 2.24. The van der Waals surface area contributed by atoms with Gasteiger partial charge in [0.2, 0.25) is 0 Å². The summed E-state index contributed by atoms with van der Waals surface area (Å²) >= 11 is 0. The summed E-state index contributed by atoms with van der Waals surface area (Å²) < 4.78 is 4.85. The molecule has 4 unspecified atom stereocenters. The molecule has 0 aromatic heterocycles. The van der Waals surface area contributed by atoms with Gasteiger partial charge in [-0.3, -0.25) is 0 Å². The molecule has 0 aliphatic carbocycles. The Morgan fingerprint density at radius 1 is 0.933 bits per heavy atom. The minimum atomic E-state index is -1.60. The van der Waals surface area contributed by atoms with Gasteiger partial charge >= 0.3 is 0 Å². The fraction of sp³-hybridized carbons (Fsp3) is 1.00. The molecule has 0 bridgehead atoms. The molecule has 1 aliphatic heterocycles. The van der Waals surface area contributed by atoms with E-state index in [9.17, 15) is 25.5 Å². The van der Waals surface area contributed by atoms with E-state index in [0.29, 0.717) is 0 Å². The maximum Gasteiger partial charge on any atom is 0.184 e. The van der Waals surface area contributed by atoms with Crippen LogP contribution in [0.15, 0.2) is 0 Å². The van der Waals surface area contributed by atoms with Crippen LogP contribution in [-0.2, 0) is 4.74 Å². The Morgan fingerprint density at radius 2 is 1.47 bits per heavy atom. The van der Waals surface area contributed by atoms with Gasteiger partial charge in [0.15, 0.2) is 6.29 Å². The molecule has 1 fully saturated rings. The maximum absolute atomic E-state index is 9.65. The normalized spacial score (nSPS) is 44.4. The average Bonchev–Trinajstić information content (AvgIpc) is 2.19. The van der Waals surface area contributed by atoms with Gasteiger partial charge in [-0.05, 0) is 5.92 Å². The van der Waals surface area contributed by atoms with Crippen LogP contribution < -0.4 is 0 Å². The highest BCUT2D eigenvalue weighted by Gasteiger charge is 2.46. The first-order valence-corrected chi connectivity index (χ1v) is 4.92. The van der Waals surface area contributed by atoms with Crippen molar-refractivity contribution >= 4 is 0 Å². The third-order valence-corrected chi connectivity index (χ3v) is 2.64. The standard InChI is InChI=1S/C9H18O6/c1-3(2)4(10)8-6(12)5(11)7(13)9(14)15-8/h3-14H,1-2H3/t4?,5?,6-,7?,8?,9-/m0/s1. The Morgan fingerprint density at radius 3 is 1.93 bits per heavy atom. The second kappa shape index (κ2) is 4.73. The number of hydrogen-bond donors (Lipinski definition) is 5. The van der Waals surface area contributed by atoms with Gasteiger partial charge in [-0.2, -0.15) is 0 Å². The molecule has 0 aromatic carbocycles. The Kier molecular flexibility index (Phi) is 4.05. The van der Waals surface area contributed by atoms with Gasteiger partial charge in [0.1, 0.15) is 24.4 Å². The molecule has 0 aromatic rings. The molecule has 0 radical (unpaired) electrons. The molecule has 5 N–H and O–H groups in total. The van der Waals surface area contributed by atoms with Crippen molar-refractivity contribution in [2.75, 3.05) is 0 Å². The number of ether oxygens (including phenoxy) is 1. The molecule has 1 saturated heterocycles. The van der Waals surface area contributed by atoms with Gasteiger partial charge in [0.25, 0.3) is 0 Å². The molecule has 1 heterocycles. The van der Waals surface area contributed by atoms with Crippen molar-refractivity contribution in [1.82, 2.24) is 0 Å². The second-order valence-corrected chi connectivity index (χ2v) is 4.20. The van der Waals surface area contributed by atoms with Crippen molar-refractivity contribution in [1.29, 1.82) is 0 Å². The van der Waals surface area contributed by atoms with Gasteiger partial charge in [0, 0.05) is 0 Å². The van der Waals surface area contributed by atoms with Crippen molar-refractivity contribution in [2.24, 2.45) is 5.92 Å². The zero-order valence-electron chi connectivity index (χ0n) is 8.69. The average molecular weight is 222 g/mol. The zero-order valence-corrected chi connectivity index (χ0v) is 8.69. The summed E-state index contributed by atoms with van der Waals surface area (Å²) in [4.78, 5) is 0. The lowest BCUT2D eigenvalue weighted by molar-refractivity contribution is -0.299. The highest BCUT2D eigenvalue weighted by atomic mass is 16.6. The minimum absolute atomic E-state index is 0.195. The van der Waals surface area contributed by atoms with Crippen LogP contribution in [0.2, 0.25) is 0 Å². The van der Waals surface area contributed by atoms with Gasteiger partial charge in [-0.25, -0.2) is 0 Å². The van der Waals surface area contributed by atoms with Gasteiger partial charge in [-0.1, -0.05) is 13.8 Å². The van der Waals surface area contributed by atoms with Crippen LogP contribution in [0.3, 0.4) is 0 Å². The zero-order chi connectivity index (χ0) is 11.7. The molecule has 0 spiro atoms. The van der Waals surface area contributed by atoms with Gasteiger partial charge in [0.05, 0.1) is 6.10 Å². The summed E-state index contributed by atoms with van der Waals surface area (Å²) in [7, 11) is 0. The topological polar surface area (TPSA) is 110 Å². The summed E-state index contributed by atoms with van der Waals surface area (Å²) in [6.45, 7) is 3.43.